The fourth-order valence-electron chi connectivity index (χ4n) is 3.85. The van der Waals surface area contributed by atoms with Crippen LogP contribution in [0.4, 0.5) is 0 Å². The van der Waals surface area contributed by atoms with E-state index in [0.29, 0.717) is 0 Å². The third kappa shape index (κ3) is 16.0. The molecule has 2 aromatic carbocycles. The molecule has 0 aliphatic heterocycles. The van der Waals surface area contributed by atoms with Gasteiger partial charge in [-0.1, -0.05) is 104 Å². The van der Waals surface area contributed by atoms with Crippen LogP contribution in [0.2, 0.25) is 0 Å². The van der Waals surface area contributed by atoms with E-state index < -0.39 is 20.2 Å². The quantitative estimate of drug-likeness (QED) is 0.0497. The Morgan fingerprint density at radius 1 is 0.452 bits per heavy atom. The summed E-state index contributed by atoms with van der Waals surface area (Å²) in [5, 5.41) is 20.1. The lowest BCUT2D eigenvalue weighted by molar-refractivity contribution is -0.782. The molecular formula is C28H42O12S2. The second-order valence-corrected chi connectivity index (χ2v) is 13.0. The van der Waals surface area contributed by atoms with Crippen molar-refractivity contribution in [2.45, 2.75) is 101 Å². The van der Waals surface area contributed by atoms with Crippen molar-refractivity contribution in [3.05, 3.63) is 59.7 Å². The highest BCUT2D eigenvalue weighted by Crippen LogP contribution is 2.16. The Bertz CT molecular complexity index is 1090. The van der Waals surface area contributed by atoms with Gasteiger partial charge in [-0.15, -0.1) is 0 Å². The van der Waals surface area contributed by atoms with E-state index >= 15 is 0 Å². The predicted octanol–water partition coefficient (Wildman–Crippen LogP) is 6.69. The topological polar surface area (TPSA) is 142 Å². The first-order valence-electron chi connectivity index (χ1n) is 14.1. The molecular weight excluding hydrogens is 592 g/mol. The number of hydrogen-bond acceptors (Lipinski definition) is 12. The first kappa shape index (κ1) is 36.2. The lowest BCUT2D eigenvalue weighted by atomic mass is 10.1. The van der Waals surface area contributed by atoms with Crippen LogP contribution in [-0.2, 0) is 58.8 Å². The number of benzene rings is 2. The minimum atomic E-state index is -4.19. The molecule has 0 bridgehead atoms. The smallest absolute Gasteiger partial charge is 0.266 e. The van der Waals surface area contributed by atoms with Gasteiger partial charge < -0.3 is 0 Å². The van der Waals surface area contributed by atoms with Gasteiger partial charge >= 0.3 is 10.1 Å². The van der Waals surface area contributed by atoms with Gasteiger partial charge in [0, 0.05) is 0 Å². The highest BCUT2D eigenvalue weighted by molar-refractivity contribution is 7.87. The van der Waals surface area contributed by atoms with Gasteiger partial charge in [0.2, 0.25) is 0 Å². The second kappa shape index (κ2) is 20.8. The zero-order chi connectivity index (χ0) is 30.5. The molecule has 0 N–H and O–H groups in total. The Morgan fingerprint density at radius 3 is 1.33 bits per heavy atom. The van der Waals surface area contributed by atoms with Crippen LogP contribution in [0.3, 0.4) is 0 Å². The molecule has 0 radical (unpaired) electrons. The largest absolute Gasteiger partial charge is 0.325 e. The van der Waals surface area contributed by atoms with Crippen molar-refractivity contribution in [3.63, 3.8) is 0 Å². The lowest BCUT2D eigenvalue weighted by Crippen LogP contribution is -2.09. The van der Waals surface area contributed by atoms with Gasteiger partial charge in [-0.25, -0.2) is 4.89 Å². The molecule has 0 unspecified atom stereocenters. The summed E-state index contributed by atoms with van der Waals surface area (Å²) < 4.78 is 57.2. The zero-order valence-corrected chi connectivity index (χ0v) is 25.9. The van der Waals surface area contributed by atoms with Crippen LogP contribution in [0.5, 0.6) is 0 Å². The Morgan fingerprint density at radius 2 is 0.833 bits per heavy atom. The maximum Gasteiger partial charge on any atom is 0.325 e. The second-order valence-electron chi connectivity index (χ2n) is 9.83. The standard InChI is InChI=1S/C28H42O12S2/c1-25-15-19-27(20-16-25)41(29,30)34-24-14-12-10-8-6-4-3-5-7-9-11-13-23-33-35-36-37-38-39-40-42(31,32)28-21-17-26(2)18-22-28/h15-22H,3-14,23-24H2,1-2H3. The lowest BCUT2D eigenvalue weighted by Gasteiger charge is -2.06. The summed E-state index contributed by atoms with van der Waals surface area (Å²) in [6, 6.07) is 12.6. The fourth-order valence-corrected chi connectivity index (χ4v) is 5.44. The van der Waals surface area contributed by atoms with Crippen LogP contribution in [0.15, 0.2) is 58.3 Å². The molecule has 0 aliphatic carbocycles. The zero-order valence-electron chi connectivity index (χ0n) is 24.2. The molecule has 0 saturated heterocycles. The van der Waals surface area contributed by atoms with Gasteiger partial charge in [0.25, 0.3) is 10.1 Å². The predicted molar refractivity (Wildman–Crippen MR) is 151 cm³/mol. The minimum Gasteiger partial charge on any atom is -0.266 e. The minimum absolute atomic E-state index is 0.126. The number of unbranched alkanes of at least 4 members (excludes halogenated alkanes) is 11. The van der Waals surface area contributed by atoms with E-state index in [-0.39, 0.29) is 23.0 Å². The van der Waals surface area contributed by atoms with Gasteiger partial charge in [0.1, 0.15) is 0 Å². The molecule has 2 rings (SSSR count). The molecule has 0 aromatic heterocycles. The normalized spacial score (nSPS) is 12.1. The molecule has 0 saturated carbocycles. The van der Waals surface area contributed by atoms with Crippen molar-refractivity contribution in [1.82, 2.24) is 0 Å². The molecule has 14 heteroatoms. The number of hydrogen-bond donors (Lipinski definition) is 0. The maximum atomic E-state index is 12.1. The van der Waals surface area contributed by atoms with Crippen LogP contribution >= 0.6 is 0 Å². The van der Waals surface area contributed by atoms with Crippen LogP contribution in [-0.4, -0.2) is 30.0 Å². The molecule has 0 heterocycles. The van der Waals surface area contributed by atoms with Gasteiger partial charge in [-0.3, -0.25) is 4.18 Å². The Hall–Kier alpha value is -1.98. The first-order chi connectivity index (χ1) is 20.2. The van der Waals surface area contributed by atoms with Crippen LogP contribution in [0, 0.1) is 13.8 Å². The summed E-state index contributed by atoms with van der Waals surface area (Å²) in [6.45, 7) is 4.21. The number of rotatable bonds is 25. The van der Waals surface area contributed by atoms with Crippen molar-refractivity contribution < 1.29 is 55.4 Å². The summed E-state index contributed by atoms with van der Waals surface area (Å²) in [6.07, 6.45) is 12.6. The summed E-state index contributed by atoms with van der Waals surface area (Å²) in [5.74, 6) is 0. The van der Waals surface area contributed by atoms with Gasteiger partial charge in [0.15, 0.2) is 0 Å². The monoisotopic (exact) mass is 634 g/mol. The average Bonchev–Trinajstić information content (AvgIpc) is 2.96. The Balaban J connectivity index is 1.28. The van der Waals surface area contributed by atoms with E-state index in [1.54, 1.807) is 36.4 Å². The molecule has 0 atom stereocenters. The van der Waals surface area contributed by atoms with Crippen molar-refractivity contribution in [2.24, 2.45) is 0 Å². The maximum absolute atomic E-state index is 12.1. The SMILES string of the molecule is Cc1ccc(S(=O)(=O)OCCCCCCCCCCCCCCOOOOOOOS(=O)(=O)c2ccc(C)cc2)cc1. The van der Waals surface area contributed by atoms with Crippen LogP contribution in [0.1, 0.15) is 88.2 Å². The van der Waals surface area contributed by atoms with Crippen molar-refractivity contribution >= 4 is 20.2 Å². The van der Waals surface area contributed by atoms with Crippen molar-refractivity contribution in [1.29, 1.82) is 0 Å². The van der Waals surface area contributed by atoms with E-state index in [1.165, 1.54) is 37.8 Å². The Kier molecular flexibility index (Phi) is 18.0. The molecule has 0 fully saturated rings. The summed E-state index contributed by atoms with van der Waals surface area (Å²) in [5.41, 5.74) is 1.89. The van der Waals surface area contributed by atoms with Gasteiger partial charge in [0.05, 0.1) is 23.0 Å². The van der Waals surface area contributed by atoms with E-state index in [2.05, 4.69) is 29.5 Å². The molecule has 12 nitrogen and oxygen atoms in total. The molecule has 42 heavy (non-hydrogen) atoms. The first-order valence-corrected chi connectivity index (χ1v) is 16.9. The third-order valence-corrected chi connectivity index (χ3v) is 8.67. The van der Waals surface area contributed by atoms with Gasteiger partial charge in [-0.05, 0) is 76.1 Å². The molecule has 0 amide bonds. The van der Waals surface area contributed by atoms with E-state index in [0.717, 1.165) is 62.5 Å². The highest BCUT2D eigenvalue weighted by atomic mass is 32.2. The summed E-state index contributed by atoms with van der Waals surface area (Å²) in [7, 11) is -7.85. The summed E-state index contributed by atoms with van der Waals surface area (Å²) >= 11 is 0. The van der Waals surface area contributed by atoms with E-state index in [4.69, 9.17) is 9.07 Å². The third-order valence-electron chi connectivity index (χ3n) is 6.26. The molecule has 2 aromatic rings. The van der Waals surface area contributed by atoms with Gasteiger partial charge in [-0.2, -0.15) is 16.8 Å². The highest BCUT2D eigenvalue weighted by Gasteiger charge is 2.17. The van der Waals surface area contributed by atoms with E-state index in [1.807, 2.05) is 13.8 Å². The van der Waals surface area contributed by atoms with Crippen molar-refractivity contribution in [3.8, 4) is 0 Å². The number of aryl methyl sites for hydroxylation is 2. The van der Waals surface area contributed by atoms with Crippen molar-refractivity contribution in [2.75, 3.05) is 13.2 Å². The molecule has 238 valence electrons. The molecule has 0 aliphatic rings. The van der Waals surface area contributed by atoms with Crippen LogP contribution < -0.4 is 0 Å². The van der Waals surface area contributed by atoms with Crippen LogP contribution in [0.25, 0.3) is 0 Å². The Labute approximate surface area is 248 Å². The molecule has 0 spiro atoms. The average molecular weight is 635 g/mol. The summed E-state index contributed by atoms with van der Waals surface area (Å²) in [4.78, 5) is 4.81. The van der Waals surface area contributed by atoms with E-state index in [9.17, 15) is 16.8 Å². The fraction of sp³-hybridized carbons (Fsp3) is 0.571.